The van der Waals surface area contributed by atoms with Crippen molar-refractivity contribution in [1.82, 2.24) is 10.6 Å². The van der Waals surface area contributed by atoms with Crippen molar-refractivity contribution in [1.29, 1.82) is 0 Å². The second-order valence-corrected chi connectivity index (χ2v) is 6.60. The van der Waals surface area contributed by atoms with Crippen LogP contribution < -0.4 is 15.4 Å². The fourth-order valence-corrected chi connectivity index (χ4v) is 3.26. The van der Waals surface area contributed by atoms with E-state index >= 15 is 0 Å². The molecule has 0 bridgehead atoms. The lowest BCUT2D eigenvalue weighted by molar-refractivity contribution is 0.370. The van der Waals surface area contributed by atoms with Gasteiger partial charge in [-0.3, -0.25) is 0 Å². The van der Waals surface area contributed by atoms with Crippen molar-refractivity contribution in [2.75, 3.05) is 13.7 Å². The van der Waals surface area contributed by atoms with Crippen molar-refractivity contribution >= 4 is 40.7 Å². The van der Waals surface area contributed by atoms with Gasteiger partial charge in [-0.1, -0.05) is 54.6 Å². The van der Waals surface area contributed by atoms with Crippen molar-refractivity contribution in [3.05, 3.63) is 71.8 Å². The Hall–Kier alpha value is -2.48. The summed E-state index contributed by atoms with van der Waals surface area (Å²) in [5, 5.41) is 19.5. The van der Waals surface area contributed by atoms with Gasteiger partial charge in [0.2, 0.25) is 0 Å². The molecule has 0 saturated carbocycles. The lowest BCUT2D eigenvalue weighted by Gasteiger charge is -2.20. The SMILES string of the molecule is CCNC(=NCc1cccc(OC)c1O)NC(C)c1cccc2ccccc12.I. The van der Waals surface area contributed by atoms with Crippen LogP contribution in [0.25, 0.3) is 10.8 Å². The van der Waals surface area contributed by atoms with Gasteiger partial charge in [-0.05, 0) is 36.2 Å². The molecule has 1 atom stereocenters. The Morgan fingerprint density at radius 2 is 1.79 bits per heavy atom. The van der Waals surface area contributed by atoms with Crippen LogP contribution in [-0.2, 0) is 6.54 Å². The van der Waals surface area contributed by atoms with E-state index in [1.54, 1.807) is 13.2 Å². The molecule has 0 aliphatic heterocycles. The van der Waals surface area contributed by atoms with Crippen molar-refractivity contribution in [3.63, 3.8) is 0 Å². The summed E-state index contributed by atoms with van der Waals surface area (Å²) in [5.41, 5.74) is 1.93. The average molecular weight is 505 g/mol. The first-order valence-electron chi connectivity index (χ1n) is 9.51. The highest BCUT2D eigenvalue weighted by Crippen LogP contribution is 2.30. The standard InChI is InChI=1S/C23H27N3O2.HI/c1-4-24-23(25-15-18-11-8-14-21(28-3)22(18)27)26-16(2)19-13-7-10-17-9-5-6-12-20(17)19;/h5-14,16,27H,4,15H2,1-3H3,(H2,24,25,26);1H. The number of hydrogen-bond donors (Lipinski definition) is 3. The number of aromatic hydroxyl groups is 1. The maximum atomic E-state index is 10.3. The number of methoxy groups -OCH3 is 1. The topological polar surface area (TPSA) is 65.9 Å². The van der Waals surface area contributed by atoms with Gasteiger partial charge in [0.15, 0.2) is 17.5 Å². The molecule has 0 radical (unpaired) electrons. The first-order chi connectivity index (χ1) is 13.6. The predicted molar refractivity (Wildman–Crippen MR) is 130 cm³/mol. The number of para-hydroxylation sites is 1. The third-order valence-electron chi connectivity index (χ3n) is 4.70. The molecule has 1 unspecified atom stereocenters. The number of guanidine groups is 1. The highest BCUT2D eigenvalue weighted by Gasteiger charge is 2.12. The zero-order chi connectivity index (χ0) is 19.9. The Labute approximate surface area is 189 Å². The second-order valence-electron chi connectivity index (χ2n) is 6.60. The zero-order valence-corrected chi connectivity index (χ0v) is 19.3. The minimum absolute atomic E-state index is 0. The normalized spacial score (nSPS) is 12.2. The number of nitrogens with one attached hydrogen (secondary N) is 2. The molecule has 3 N–H and O–H groups in total. The Morgan fingerprint density at radius 1 is 1.07 bits per heavy atom. The van der Waals surface area contributed by atoms with Gasteiger partial charge < -0.3 is 20.5 Å². The molecule has 0 amide bonds. The van der Waals surface area contributed by atoms with Crippen molar-refractivity contribution in [2.24, 2.45) is 4.99 Å². The van der Waals surface area contributed by atoms with Gasteiger partial charge in [-0.2, -0.15) is 0 Å². The van der Waals surface area contributed by atoms with E-state index in [0.29, 0.717) is 18.3 Å². The van der Waals surface area contributed by atoms with E-state index in [-0.39, 0.29) is 35.8 Å². The number of aliphatic imine (C=N–C) groups is 1. The van der Waals surface area contributed by atoms with Gasteiger partial charge in [0.05, 0.1) is 19.7 Å². The average Bonchev–Trinajstić information content (AvgIpc) is 2.72. The Bertz CT molecular complexity index is 970. The van der Waals surface area contributed by atoms with Crippen molar-refractivity contribution < 1.29 is 9.84 Å². The quantitative estimate of drug-likeness (QED) is 0.251. The number of nitrogens with zero attached hydrogens (tertiary/aromatic N) is 1. The molecule has 3 aromatic carbocycles. The van der Waals surface area contributed by atoms with Gasteiger partial charge in [-0.25, -0.2) is 4.99 Å². The minimum Gasteiger partial charge on any atom is -0.504 e. The van der Waals surface area contributed by atoms with Crippen LogP contribution in [0.5, 0.6) is 11.5 Å². The molecule has 5 nitrogen and oxygen atoms in total. The number of phenols is 1. The number of halogens is 1. The third-order valence-corrected chi connectivity index (χ3v) is 4.70. The molecule has 0 aliphatic rings. The van der Waals surface area contributed by atoms with Crippen LogP contribution in [0.3, 0.4) is 0 Å². The molecule has 0 spiro atoms. The van der Waals surface area contributed by atoms with Crippen LogP contribution in [0.1, 0.15) is 31.0 Å². The van der Waals surface area contributed by atoms with E-state index in [4.69, 9.17) is 4.74 Å². The largest absolute Gasteiger partial charge is 0.504 e. The number of fused-ring (bicyclic) bond motifs is 1. The summed E-state index contributed by atoms with van der Waals surface area (Å²) in [6.45, 7) is 5.25. The lowest BCUT2D eigenvalue weighted by atomic mass is 10.00. The number of benzene rings is 3. The first-order valence-corrected chi connectivity index (χ1v) is 9.51. The maximum absolute atomic E-state index is 10.3. The first kappa shape index (κ1) is 22.8. The summed E-state index contributed by atoms with van der Waals surface area (Å²) >= 11 is 0. The molecule has 3 aromatic rings. The number of rotatable bonds is 6. The van der Waals surface area contributed by atoms with Crippen LogP contribution >= 0.6 is 24.0 Å². The third kappa shape index (κ3) is 5.53. The van der Waals surface area contributed by atoms with E-state index in [1.165, 1.54) is 16.3 Å². The molecule has 29 heavy (non-hydrogen) atoms. The second kappa shape index (κ2) is 10.9. The summed E-state index contributed by atoms with van der Waals surface area (Å²) in [6, 6.07) is 20.2. The highest BCUT2D eigenvalue weighted by atomic mass is 127. The molecular formula is C23H28IN3O2. The zero-order valence-electron chi connectivity index (χ0n) is 17.0. The smallest absolute Gasteiger partial charge is 0.192 e. The number of hydrogen-bond acceptors (Lipinski definition) is 3. The van der Waals surface area contributed by atoms with E-state index in [2.05, 4.69) is 65.0 Å². The molecule has 0 aliphatic carbocycles. The monoisotopic (exact) mass is 505 g/mol. The fraction of sp³-hybridized carbons (Fsp3) is 0.261. The molecule has 0 aromatic heterocycles. The Morgan fingerprint density at radius 3 is 2.55 bits per heavy atom. The van der Waals surface area contributed by atoms with Gasteiger partial charge in [0, 0.05) is 12.1 Å². The van der Waals surface area contributed by atoms with E-state index < -0.39 is 0 Å². The van der Waals surface area contributed by atoms with Gasteiger partial charge in [0.25, 0.3) is 0 Å². The Kier molecular flexibility index (Phi) is 8.57. The summed E-state index contributed by atoms with van der Waals surface area (Å²) in [5.74, 6) is 1.28. The van der Waals surface area contributed by atoms with Gasteiger partial charge in [0.1, 0.15) is 0 Å². The van der Waals surface area contributed by atoms with E-state index in [9.17, 15) is 5.11 Å². The molecule has 0 fully saturated rings. The molecular weight excluding hydrogens is 477 g/mol. The fourth-order valence-electron chi connectivity index (χ4n) is 3.26. The number of phenolic OH excluding ortho intramolecular Hbond substituents is 1. The molecule has 0 heterocycles. The molecule has 0 saturated heterocycles. The predicted octanol–water partition coefficient (Wildman–Crippen LogP) is 4.99. The summed E-state index contributed by atoms with van der Waals surface area (Å²) < 4.78 is 5.17. The number of ether oxygens (including phenoxy) is 1. The van der Waals surface area contributed by atoms with Crippen LogP contribution in [-0.4, -0.2) is 24.7 Å². The van der Waals surface area contributed by atoms with E-state index in [0.717, 1.165) is 12.1 Å². The summed E-state index contributed by atoms with van der Waals surface area (Å²) in [6.07, 6.45) is 0. The Balaban J connectivity index is 0.00000300. The van der Waals surface area contributed by atoms with Crippen LogP contribution in [0.2, 0.25) is 0 Å². The molecule has 154 valence electrons. The van der Waals surface area contributed by atoms with Gasteiger partial charge >= 0.3 is 0 Å². The van der Waals surface area contributed by atoms with Crippen molar-refractivity contribution in [2.45, 2.75) is 26.4 Å². The summed E-state index contributed by atoms with van der Waals surface area (Å²) in [7, 11) is 1.54. The van der Waals surface area contributed by atoms with Crippen molar-refractivity contribution in [3.8, 4) is 11.5 Å². The van der Waals surface area contributed by atoms with Crippen LogP contribution in [0, 0.1) is 0 Å². The van der Waals surface area contributed by atoms with Crippen LogP contribution in [0.15, 0.2) is 65.7 Å². The molecule has 3 rings (SSSR count). The molecule has 6 heteroatoms. The van der Waals surface area contributed by atoms with E-state index in [1.807, 2.05) is 19.1 Å². The maximum Gasteiger partial charge on any atom is 0.192 e. The lowest BCUT2D eigenvalue weighted by Crippen LogP contribution is -2.38. The summed E-state index contributed by atoms with van der Waals surface area (Å²) in [4.78, 5) is 4.64. The van der Waals surface area contributed by atoms with Crippen LogP contribution in [0.4, 0.5) is 0 Å². The van der Waals surface area contributed by atoms with Gasteiger partial charge in [-0.15, -0.1) is 24.0 Å². The highest BCUT2D eigenvalue weighted by molar-refractivity contribution is 14.0. The minimum atomic E-state index is 0.